The highest BCUT2D eigenvalue weighted by atomic mass is 32.2. The van der Waals surface area contributed by atoms with E-state index in [9.17, 15) is 13.2 Å². The molecule has 0 bridgehead atoms. The van der Waals surface area contributed by atoms with E-state index in [1.54, 1.807) is 90.6 Å². The molecule has 0 fully saturated rings. The van der Waals surface area contributed by atoms with Crippen LogP contribution in [0.2, 0.25) is 0 Å². The van der Waals surface area contributed by atoms with Gasteiger partial charge in [0.1, 0.15) is 12.4 Å². The molecule has 0 aromatic heterocycles. The zero-order valence-corrected chi connectivity index (χ0v) is 19.4. The van der Waals surface area contributed by atoms with Crippen molar-refractivity contribution in [3.05, 3.63) is 91.0 Å². The molecular formula is C24H24N2O4S2. The second-order valence-electron chi connectivity index (χ2n) is 6.78. The lowest BCUT2D eigenvalue weighted by Crippen LogP contribution is -2.26. The maximum atomic E-state index is 12.9. The average molecular weight is 469 g/mol. The lowest BCUT2D eigenvalue weighted by Gasteiger charge is -2.20. The number of carbonyl (C=O) groups excluding carboxylic acids is 1. The van der Waals surface area contributed by atoms with Gasteiger partial charge in [-0.2, -0.15) is 0 Å². The van der Waals surface area contributed by atoms with E-state index in [1.165, 1.54) is 11.4 Å². The van der Waals surface area contributed by atoms with Crippen molar-refractivity contribution in [2.45, 2.75) is 9.79 Å². The molecule has 6 nitrogen and oxygen atoms in total. The Hall–Kier alpha value is -3.23. The van der Waals surface area contributed by atoms with Crippen LogP contribution in [0.5, 0.6) is 5.75 Å². The van der Waals surface area contributed by atoms with Gasteiger partial charge < -0.3 is 10.1 Å². The van der Waals surface area contributed by atoms with Crippen LogP contribution in [0.25, 0.3) is 0 Å². The molecule has 0 aliphatic rings. The van der Waals surface area contributed by atoms with Crippen LogP contribution in [0.15, 0.2) is 95.2 Å². The fraction of sp³-hybridized carbons (Fsp3) is 0.125. The standard InChI is InChI=1S/C24H24N2O4S2/c1-4-16-30-21-7-5-6-19(17-21)25-24(27)18-8-10-20(11-9-18)26(2)32(28,29)23-14-12-22(31-3)13-15-23/h4-15,17H,1,16H2,2-3H3,(H,25,27). The Labute approximate surface area is 193 Å². The number of sulfonamides is 1. The molecule has 32 heavy (non-hydrogen) atoms. The molecule has 0 aliphatic carbocycles. The van der Waals surface area contributed by atoms with Crippen LogP contribution in [0.3, 0.4) is 0 Å². The molecule has 0 spiro atoms. The number of nitrogens with one attached hydrogen (secondary N) is 1. The summed E-state index contributed by atoms with van der Waals surface area (Å²) in [6.07, 6.45) is 3.57. The SMILES string of the molecule is C=CCOc1cccc(NC(=O)c2ccc(N(C)S(=O)(=O)c3ccc(SC)cc3)cc2)c1. The van der Waals surface area contributed by atoms with E-state index in [0.29, 0.717) is 29.3 Å². The Bertz CT molecular complexity index is 1190. The third-order valence-electron chi connectivity index (χ3n) is 4.67. The summed E-state index contributed by atoms with van der Waals surface area (Å²) in [5, 5.41) is 2.81. The molecule has 0 radical (unpaired) electrons. The third kappa shape index (κ3) is 5.52. The van der Waals surface area contributed by atoms with Crippen molar-refractivity contribution in [1.29, 1.82) is 0 Å². The normalized spacial score (nSPS) is 10.9. The van der Waals surface area contributed by atoms with Gasteiger partial charge in [0.15, 0.2) is 0 Å². The average Bonchev–Trinajstić information content (AvgIpc) is 2.82. The fourth-order valence-electron chi connectivity index (χ4n) is 2.89. The molecule has 0 aliphatic heterocycles. The van der Waals surface area contributed by atoms with Crippen LogP contribution in [0.4, 0.5) is 11.4 Å². The van der Waals surface area contributed by atoms with Gasteiger partial charge in [-0.05, 0) is 66.9 Å². The van der Waals surface area contributed by atoms with Gasteiger partial charge in [-0.3, -0.25) is 9.10 Å². The van der Waals surface area contributed by atoms with E-state index in [-0.39, 0.29) is 10.8 Å². The minimum absolute atomic E-state index is 0.207. The number of amides is 1. The summed E-state index contributed by atoms with van der Waals surface area (Å²) in [5.74, 6) is 0.311. The number of hydrogen-bond donors (Lipinski definition) is 1. The number of benzene rings is 3. The topological polar surface area (TPSA) is 75.7 Å². The summed E-state index contributed by atoms with van der Waals surface area (Å²) >= 11 is 1.54. The molecule has 0 atom stereocenters. The molecule has 166 valence electrons. The van der Waals surface area contributed by atoms with Gasteiger partial charge >= 0.3 is 0 Å². The number of carbonyl (C=O) groups is 1. The first-order chi connectivity index (χ1) is 15.3. The molecule has 0 unspecified atom stereocenters. The highest BCUT2D eigenvalue weighted by molar-refractivity contribution is 7.98. The summed E-state index contributed by atoms with van der Waals surface area (Å²) < 4.78 is 32.5. The van der Waals surface area contributed by atoms with Crippen molar-refractivity contribution in [2.75, 3.05) is 29.5 Å². The number of rotatable bonds is 9. The summed E-state index contributed by atoms with van der Waals surface area (Å²) in [7, 11) is -2.22. The van der Waals surface area contributed by atoms with Gasteiger partial charge in [0.05, 0.1) is 10.6 Å². The molecular weight excluding hydrogens is 444 g/mol. The van der Waals surface area contributed by atoms with E-state index in [0.717, 1.165) is 4.90 Å². The zero-order chi connectivity index (χ0) is 23.1. The molecule has 0 heterocycles. The highest BCUT2D eigenvalue weighted by Gasteiger charge is 2.21. The molecule has 1 amide bonds. The second kappa shape index (κ2) is 10.4. The van der Waals surface area contributed by atoms with Crippen LogP contribution in [-0.4, -0.2) is 34.2 Å². The van der Waals surface area contributed by atoms with Gasteiger partial charge in [-0.25, -0.2) is 8.42 Å². The maximum absolute atomic E-state index is 12.9. The lowest BCUT2D eigenvalue weighted by atomic mass is 10.2. The van der Waals surface area contributed by atoms with Gasteiger partial charge in [0, 0.05) is 29.3 Å². The Morgan fingerprint density at radius 2 is 1.78 bits per heavy atom. The Morgan fingerprint density at radius 1 is 1.09 bits per heavy atom. The van der Waals surface area contributed by atoms with Crippen LogP contribution < -0.4 is 14.4 Å². The Balaban J connectivity index is 1.72. The molecule has 0 saturated carbocycles. The third-order valence-corrected chi connectivity index (χ3v) is 7.21. The largest absolute Gasteiger partial charge is 0.489 e. The van der Waals surface area contributed by atoms with Gasteiger partial charge in [0.2, 0.25) is 0 Å². The van der Waals surface area contributed by atoms with Crippen LogP contribution in [0.1, 0.15) is 10.4 Å². The predicted molar refractivity (Wildman–Crippen MR) is 130 cm³/mol. The number of ether oxygens (including phenoxy) is 1. The number of nitrogens with zero attached hydrogens (tertiary/aromatic N) is 1. The molecule has 3 rings (SSSR count). The van der Waals surface area contributed by atoms with E-state index >= 15 is 0 Å². The second-order valence-corrected chi connectivity index (χ2v) is 9.63. The molecule has 3 aromatic rings. The number of anilines is 2. The lowest BCUT2D eigenvalue weighted by molar-refractivity contribution is 0.102. The van der Waals surface area contributed by atoms with Crippen molar-refractivity contribution in [1.82, 2.24) is 0 Å². The fourth-order valence-corrected chi connectivity index (χ4v) is 4.49. The van der Waals surface area contributed by atoms with E-state index < -0.39 is 10.0 Å². The summed E-state index contributed by atoms with van der Waals surface area (Å²) in [6.45, 7) is 3.98. The van der Waals surface area contributed by atoms with E-state index in [1.807, 2.05) is 6.26 Å². The molecule has 0 saturated heterocycles. The maximum Gasteiger partial charge on any atom is 0.264 e. The number of thioether (sulfide) groups is 1. The van der Waals surface area contributed by atoms with E-state index in [2.05, 4.69) is 11.9 Å². The van der Waals surface area contributed by atoms with Crippen molar-refractivity contribution < 1.29 is 17.9 Å². The van der Waals surface area contributed by atoms with E-state index in [4.69, 9.17) is 4.74 Å². The molecule has 1 N–H and O–H groups in total. The van der Waals surface area contributed by atoms with Crippen molar-refractivity contribution in [2.24, 2.45) is 0 Å². The zero-order valence-electron chi connectivity index (χ0n) is 17.8. The molecule has 8 heteroatoms. The number of hydrogen-bond acceptors (Lipinski definition) is 5. The minimum atomic E-state index is -3.71. The first-order valence-corrected chi connectivity index (χ1v) is 12.4. The summed E-state index contributed by atoms with van der Waals surface area (Å²) in [5.41, 5.74) is 1.45. The first-order valence-electron chi connectivity index (χ1n) is 9.73. The summed E-state index contributed by atoms with van der Waals surface area (Å²) in [4.78, 5) is 13.8. The van der Waals surface area contributed by atoms with Gasteiger partial charge in [-0.1, -0.05) is 18.7 Å². The van der Waals surface area contributed by atoms with Gasteiger partial charge in [-0.15, -0.1) is 11.8 Å². The van der Waals surface area contributed by atoms with Crippen molar-refractivity contribution >= 4 is 39.1 Å². The van der Waals surface area contributed by atoms with Crippen LogP contribution in [0, 0.1) is 0 Å². The quantitative estimate of drug-likeness (QED) is 0.351. The van der Waals surface area contributed by atoms with Crippen molar-refractivity contribution in [3.63, 3.8) is 0 Å². The molecule has 3 aromatic carbocycles. The predicted octanol–water partition coefficient (Wildman–Crippen LogP) is 5.05. The summed E-state index contributed by atoms with van der Waals surface area (Å²) in [6, 6.07) is 20.2. The Kier molecular flexibility index (Phi) is 7.61. The highest BCUT2D eigenvalue weighted by Crippen LogP contribution is 2.25. The monoisotopic (exact) mass is 468 g/mol. The Morgan fingerprint density at radius 3 is 2.41 bits per heavy atom. The van der Waals surface area contributed by atoms with Gasteiger partial charge in [0.25, 0.3) is 15.9 Å². The smallest absolute Gasteiger partial charge is 0.264 e. The van der Waals surface area contributed by atoms with Crippen molar-refractivity contribution in [3.8, 4) is 5.75 Å². The first kappa shape index (κ1) is 23.4. The van der Waals surface area contributed by atoms with Crippen LogP contribution >= 0.6 is 11.8 Å². The van der Waals surface area contributed by atoms with Crippen LogP contribution in [-0.2, 0) is 10.0 Å². The minimum Gasteiger partial charge on any atom is -0.489 e.